The fourth-order valence-electron chi connectivity index (χ4n) is 2.60. The Labute approximate surface area is 117 Å². The first-order chi connectivity index (χ1) is 8.65. The normalized spacial score (nSPS) is 38.6. The zero-order valence-electron chi connectivity index (χ0n) is 10.5. The van der Waals surface area contributed by atoms with Crippen LogP contribution < -0.4 is 0 Å². The first-order valence-corrected chi connectivity index (χ1v) is 7.33. The van der Waals surface area contributed by atoms with Crippen LogP contribution in [-0.2, 0) is 9.47 Å². The van der Waals surface area contributed by atoms with E-state index in [9.17, 15) is 5.11 Å². The first kappa shape index (κ1) is 14.1. The largest absolute Gasteiger partial charge is 0.386 e. The van der Waals surface area contributed by atoms with Gasteiger partial charge < -0.3 is 14.6 Å². The van der Waals surface area contributed by atoms with E-state index in [1.807, 2.05) is 0 Å². The minimum atomic E-state index is -0.639. The van der Waals surface area contributed by atoms with Gasteiger partial charge in [0.1, 0.15) is 0 Å². The number of terminal acetylenes is 1. The van der Waals surface area contributed by atoms with Crippen LogP contribution >= 0.6 is 15.9 Å². The molecule has 100 valence electrons. The summed E-state index contributed by atoms with van der Waals surface area (Å²) in [6.45, 7) is 2.13. The summed E-state index contributed by atoms with van der Waals surface area (Å²) in [5, 5.41) is 9.88. The summed E-state index contributed by atoms with van der Waals surface area (Å²) in [7, 11) is 0. The molecule has 0 aromatic rings. The van der Waals surface area contributed by atoms with Crippen molar-refractivity contribution in [3.8, 4) is 12.3 Å². The molecule has 2 aliphatic rings. The van der Waals surface area contributed by atoms with Gasteiger partial charge in [-0.05, 0) is 18.6 Å². The van der Waals surface area contributed by atoms with E-state index in [2.05, 4.69) is 28.8 Å². The van der Waals surface area contributed by atoms with E-state index in [-0.39, 0.29) is 24.4 Å². The lowest BCUT2D eigenvalue weighted by Crippen LogP contribution is -2.27. The lowest BCUT2D eigenvalue weighted by Gasteiger charge is -2.20. The molecule has 1 N–H and O–H groups in total. The Bertz CT molecular complexity index is 335. The van der Waals surface area contributed by atoms with Gasteiger partial charge in [-0.15, -0.1) is 6.42 Å². The fraction of sp³-hybridized carbons (Fsp3) is 0.714. The minimum absolute atomic E-state index is 0.112. The molecule has 3 nitrogen and oxygen atoms in total. The van der Waals surface area contributed by atoms with Crippen LogP contribution in [0.1, 0.15) is 26.2 Å². The summed E-state index contributed by atoms with van der Waals surface area (Å²) < 4.78 is 11.8. The number of rotatable bonds is 4. The van der Waals surface area contributed by atoms with Crippen LogP contribution in [0.25, 0.3) is 0 Å². The van der Waals surface area contributed by atoms with Crippen LogP contribution in [-0.4, -0.2) is 40.5 Å². The van der Waals surface area contributed by atoms with Crippen molar-refractivity contribution in [2.24, 2.45) is 0 Å². The van der Waals surface area contributed by atoms with Gasteiger partial charge in [-0.2, -0.15) is 0 Å². The highest BCUT2D eigenvalue weighted by Gasteiger charge is 2.46. The average Bonchev–Trinajstić information content (AvgIpc) is 2.92. The van der Waals surface area contributed by atoms with Crippen molar-refractivity contribution in [2.75, 3.05) is 0 Å². The monoisotopic (exact) mass is 314 g/mol. The van der Waals surface area contributed by atoms with E-state index < -0.39 is 6.10 Å². The summed E-state index contributed by atoms with van der Waals surface area (Å²) in [4.78, 5) is 0.386. The molecule has 0 bridgehead atoms. The number of hydrogen-bond acceptors (Lipinski definition) is 3. The number of halogens is 1. The second-order valence-corrected chi connectivity index (χ2v) is 6.01. The maximum absolute atomic E-state index is 9.88. The van der Waals surface area contributed by atoms with Crippen molar-refractivity contribution in [1.29, 1.82) is 0 Å². The van der Waals surface area contributed by atoms with Crippen LogP contribution in [0.15, 0.2) is 12.2 Å². The molecule has 0 radical (unpaired) electrons. The van der Waals surface area contributed by atoms with Gasteiger partial charge in [0, 0.05) is 17.7 Å². The van der Waals surface area contributed by atoms with Crippen LogP contribution in [0.4, 0.5) is 0 Å². The van der Waals surface area contributed by atoms with Crippen LogP contribution in [0, 0.1) is 12.3 Å². The topological polar surface area (TPSA) is 38.7 Å². The highest BCUT2D eigenvalue weighted by atomic mass is 79.9. The minimum Gasteiger partial charge on any atom is -0.386 e. The first-order valence-electron chi connectivity index (χ1n) is 6.41. The molecular weight excluding hydrogens is 296 g/mol. The molecule has 2 aliphatic heterocycles. The molecule has 2 heterocycles. The zero-order chi connectivity index (χ0) is 13.1. The summed E-state index contributed by atoms with van der Waals surface area (Å²) in [6, 6.07) is 0. The third-order valence-electron chi connectivity index (χ3n) is 3.61. The molecule has 0 aromatic heterocycles. The van der Waals surface area contributed by atoms with Crippen LogP contribution in [0.5, 0.6) is 0 Å². The van der Waals surface area contributed by atoms with Crippen molar-refractivity contribution >= 4 is 15.9 Å². The van der Waals surface area contributed by atoms with Crippen molar-refractivity contribution in [1.82, 2.24) is 0 Å². The maximum atomic E-state index is 9.88. The molecule has 0 saturated carbocycles. The Morgan fingerprint density at radius 3 is 2.61 bits per heavy atom. The Morgan fingerprint density at radius 1 is 1.39 bits per heavy atom. The van der Waals surface area contributed by atoms with Crippen molar-refractivity contribution in [2.45, 2.75) is 61.5 Å². The molecule has 0 spiro atoms. The smallest absolute Gasteiger partial charge is 0.0992 e. The molecule has 0 aliphatic carbocycles. The van der Waals surface area contributed by atoms with Crippen LogP contribution in [0.3, 0.4) is 0 Å². The number of fused-ring (bicyclic) bond motifs is 1. The van der Waals surface area contributed by atoms with E-state index in [1.54, 1.807) is 6.08 Å². The van der Waals surface area contributed by atoms with E-state index in [4.69, 9.17) is 15.9 Å². The predicted molar refractivity (Wildman–Crippen MR) is 73.5 cm³/mol. The molecule has 2 fully saturated rings. The molecule has 4 heteroatoms. The maximum Gasteiger partial charge on any atom is 0.0992 e. The number of aliphatic hydroxyl groups excluding tert-OH is 1. The Kier molecular flexibility index (Phi) is 4.85. The third-order valence-corrected chi connectivity index (χ3v) is 4.84. The number of hydrogen-bond donors (Lipinski definition) is 1. The molecule has 18 heavy (non-hydrogen) atoms. The summed E-state index contributed by atoms with van der Waals surface area (Å²) in [5.41, 5.74) is 0. The van der Waals surface area contributed by atoms with Gasteiger partial charge >= 0.3 is 0 Å². The van der Waals surface area contributed by atoms with E-state index >= 15 is 0 Å². The molecule has 6 atom stereocenters. The Balaban J connectivity index is 1.86. The van der Waals surface area contributed by atoms with Gasteiger partial charge in [0.15, 0.2) is 0 Å². The fourth-order valence-corrected chi connectivity index (χ4v) is 2.94. The van der Waals surface area contributed by atoms with Gasteiger partial charge in [-0.25, -0.2) is 0 Å². The SMILES string of the molecule is C#C/C=C/[C@@H](O)C1CC2OC(C(Br)CC)CC2O1. The quantitative estimate of drug-likeness (QED) is 0.637. The molecular formula is C14H19BrO3. The summed E-state index contributed by atoms with van der Waals surface area (Å²) in [5.74, 6) is 2.37. The highest BCUT2D eigenvalue weighted by molar-refractivity contribution is 9.09. The second kappa shape index (κ2) is 6.21. The lowest BCUT2D eigenvalue weighted by molar-refractivity contribution is -0.0160. The zero-order valence-corrected chi connectivity index (χ0v) is 12.0. The number of allylic oxidation sites excluding steroid dienone is 1. The van der Waals surface area contributed by atoms with Crippen molar-refractivity contribution < 1.29 is 14.6 Å². The second-order valence-electron chi connectivity index (χ2n) is 4.84. The van der Waals surface area contributed by atoms with E-state index in [1.165, 1.54) is 6.08 Å². The van der Waals surface area contributed by atoms with Crippen LogP contribution in [0.2, 0.25) is 0 Å². The highest BCUT2D eigenvalue weighted by Crippen LogP contribution is 2.38. The number of alkyl halides is 1. The van der Waals surface area contributed by atoms with E-state index in [0.29, 0.717) is 4.83 Å². The van der Waals surface area contributed by atoms with Gasteiger partial charge in [0.25, 0.3) is 0 Å². The third kappa shape index (κ3) is 2.97. The standard InChI is InChI=1S/C14H19BrO3/c1-3-5-6-10(16)12-8-14-13(18-12)7-11(17-14)9(15)4-2/h1,5-6,9-14,16H,4,7-8H2,2H3/b6-5+/t9?,10-,11?,12?,13?,14?/m1/s1. The molecule has 2 rings (SSSR count). The molecule has 0 aromatic carbocycles. The summed E-state index contributed by atoms with van der Waals surface area (Å²) >= 11 is 3.63. The number of aliphatic hydroxyl groups is 1. The average molecular weight is 315 g/mol. The Morgan fingerprint density at radius 2 is 2.00 bits per heavy atom. The lowest BCUT2D eigenvalue weighted by atomic mass is 10.1. The van der Waals surface area contributed by atoms with Gasteiger partial charge in [0.2, 0.25) is 0 Å². The summed E-state index contributed by atoms with van der Waals surface area (Å²) in [6.07, 6.45) is 10.5. The van der Waals surface area contributed by atoms with Gasteiger partial charge in [-0.1, -0.05) is 28.8 Å². The number of ether oxygens (including phenoxy) is 2. The molecule has 0 amide bonds. The van der Waals surface area contributed by atoms with E-state index in [0.717, 1.165) is 19.3 Å². The van der Waals surface area contributed by atoms with Crippen molar-refractivity contribution in [3.05, 3.63) is 12.2 Å². The molecule has 2 saturated heterocycles. The van der Waals surface area contributed by atoms with Crippen molar-refractivity contribution in [3.63, 3.8) is 0 Å². The van der Waals surface area contributed by atoms with Gasteiger partial charge in [0.05, 0.1) is 30.5 Å². The Hall–Kier alpha value is -0.340. The molecule has 5 unspecified atom stereocenters. The van der Waals surface area contributed by atoms with Gasteiger partial charge in [-0.3, -0.25) is 0 Å². The predicted octanol–water partition coefficient (Wildman–Crippen LogP) is 2.03.